The molecule has 10 heteroatoms. The molecule has 0 unspecified atom stereocenters. The van der Waals surface area contributed by atoms with Crippen LogP contribution < -0.4 is 5.32 Å². The number of carboxylic acids is 1. The van der Waals surface area contributed by atoms with Crippen molar-refractivity contribution >= 4 is 34.9 Å². The van der Waals surface area contributed by atoms with Crippen LogP contribution >= 0.6 is 11.6 Å². The zero-order valence-corrected chi connectivity index (χ0v) is 11.6. The number of hydrogen-bond acceptors (Lipinski definition) is 5. The van der Waals surface area contributed by atoms with Crippen LogP contribution in [0.5, 0.6) is 0 Å². The van der Waals surface area contributed by atoms with Gasteiger partial charge in [-0.05, 0) is 6.07 Å². The largest absolute Gasteiger partial charge is 0.480 e. The van der Waals surface area contributed by atoms with Gasteiger partial charge in [-0.1, -0.05) is 11.6 Å². The van der Waals surface area contributed by atoms with Crippen LogP contribution in [0.15, 0.2) is 30.6 Å². The number of halogens is 1. The maximum Gasteiger partial charge on any atom is 0.325 e. The second-order valence-corrected chi connectivity index (χ2v) is 4.60. The summed E-state index contributed by atoms with van der Waals surface area (Å²) in [5.41, 5.74) is -0.0445. The molecule has 2 aromatic rings. The predicted octanol–water partition coefficient (Wildman–Crippen LogP) is 1.78. The van der Waals surface area contributed by atoms with E-state index in [4.69, 9.17) is 16.7 Å². The highest BCUT2D eigenvalue weighted by molar-refractivity contribution is 6.34. The highest BCUT2D eigenvalue weighted by atomic mass is 35.5. The van der Waals surface area contributed by atoms with Crippen LogP contribution in [0.25, 0.3) is 0 Å². The predicted molar refractivity (Wildman–Crippen MR) is 75.9 cm³/mol. The van der Waals surface area contributed by atoms with E-state index in [9.17, 15) is 19.7 Å². The van der Waals surface area contributed by atoms with E-state index >= 15 is 0 Å². The fourth-order valence-electron chi connectivity index (χ4n) is 1.62. The van der Waals surface area contributed by atoms with Crippen molar-refractivity contribution < 1.29 is 19.6 Å². The van der Waals surface area contributed by atoms with E-state index in [1.165, 1.54) is 24.5 Å². The molecule has 0 aliphatic carbocycles. The zero-order chi connectivity index (χ0) is 16.3. The van der Waals surface area contributed by atoms with E-state index in [0.717, 1.165) is 10.7 Å². The van der Waals surface area contributed by atoms with E-state index in [0.29, 0.717) is 0 Å². The molecule has 0 fully saturated rings. The molecule has 0 aliphatic heterocycles. The Bertz CT molecular complexity index is 758. The van der Waals surface area contributed by atoms with Gasteiger partial charge in [-0.15, -0.1) is 0 Å². The van der Waals surface area contributed by atoms with Crippen molar-refractivity contribution in [2.24, 2.45) is 0 Å². The van der Waals surface area contributed by atoms with E-state index in [2.05, 4.69) is 10.4 Å². The molecular weight excluding hydrogens is 316 g/mol. The Morgan fingerprint density at radius 3 is 2.82 bits per heavy atom. The SMILES string of the molecule is O=C(O)Cn1cc(C(=O)Nc2cc([N+](=O)[O-])ccc2Cl)cn1. The average Bonchev–Trinajstić information content (AvgIpc) is 2.88. The molecule has 0 spiro atoms. The maximum atomic E-state index is 12.0. The number of hydrogen-bond donors (Lipinski definition) is 2. The minimum atomic E-state index is -1.10. The minimum Gasteiger partial charge on any atom is -0.480 e. The first-order valence-electron chi connectivity index (χ1n) is 5.86. The number of nitrogens with one attached hydrogen (secondary N) is 1. The summed E-state index contributed by atoms with van der Waals surface area (Å²) in [4.78, 5) is 32.6. The number of carboxylic acid groups (broad SMARTS) is 1. The van der Waals surface area contributed by atoms with Gasteiger partial charge in [0.2, 0.25) is 0 Å². The van der Waals surface area contributed by atoms with Crippen LogP contribution in [-0.4, -0.2) is 31.7 Å². The van der Waals surface area contributed by atoms with Crippen molar-refractivity contribution in [2.75, 3.05) is 5.32 Å². The number of carbonyl (C=O) groups is 2. The van der Waals surface area contributed by atoms with Crippen molar-refractivity contribution in [1.29, 1.82) is 0 Å². The topological polar surface area (TPSA) is 127 Å². The number of aliphatic carboxylic acids is 1. The number of benzene rings is 1. The molecule has 0 atom stereocenters. The number of anilines is 1. The fraction of sp³-hybridized carbons (Fsp3) is 0.0833. The number of non-ortho nitro benzene ring substituents is 1. The molecule has 1 aromatic carbocycles. The average molecular weight is 325 g/mol. The van der Waals surface area contributed by atoms with E-state index in [-0.39, 0.29) is 28.5 Å². The molecule has 0 aliphatic rings. The van der Waals surface area contributed by atoms with Gasteiger partial charge in [-0.2, -0.15) is 5.10 Å². The van der Waals surface area contributed by atoms with Gasteiger partial charge in [0.25, 0.3) is 11.6 Å². The summed E-state index contributed by atoms with van der Waals surface area (Å²) in [7, 11) is 0. The summed E-state index contributed by atoms with van der Waals surface area (Å²) in [6, 6.07) is 3.63. The Morgan fingerprint density at radius 1 is 1.45 bits per heavy atom. The Morgan fingerprint density at radius 2 is 2.18 bits per heavy atom. The van der Waals surface area contributed by atoms with Crippen molar-refractivity contribution in [1.82, 2.24) is 9.78 Å². The molecule has 0 radical (unpaired) electrons. The second kappa shape index (κ2) is 6.22. The minimum absolute atomic E-state index is 0.0758. The fourth-order valence-corrected chi connectivity index (χ4v) is 1.79. The van der Waals surface area contributed by atoms with Gasteiger partial charge in [0.15, 0.2) is 0 Å². The molecule has 0 saturated heterocycles. The van der Waals surface area contributed by atoms with Crippen molar-refractivity contribution in [2.45, 2.75) is 6.54 Å². The number of nitro groups is 1. The van der Waals surface area contributed by atoms with Crippen LogP contribution in [0.1, 0.15) is 10.4 Å². The molecule has 2 N–H and O–H groups in total. The molecule has 2 rings (SSSR count). The van der Waals surface area contributed by atoms with Crippen molar-refractivity contribution in [3.63, 3.8) is 0 Å². The normalized spacial score (nSPS) is 10.2. The Kier molecular flexibility index (Phi) is 4.37. The highest BCUT2D eigenvalue weighted by Crippen LogP contribution is 2.27. The van der Waals surface area contributed by atoms with Gasteiger partial charge in [-0.3, -0.25) is 24.4 Å². The van der Waals surface area contributed by atoms with Gasteiger partial charge >= 0.3 is 5.97 Å². The van der Waals surface area contributed by atoms with E-state index < -0.39 is 16.8 Å². The third kappa shape index (κ3) is 3.58. The van der Waals surface area contributed by atoms with E-state index in [1.54, 1.807) is 0 Å². The first kappa shape index (κ1) is 15.4. The summed E-state index contributed by atoms with van der Waals surface area (Å²) >= 11 is 5.87. The number of nitro benzene ring substituents is 1. The van der Waals surface area contributed by atoms with Gasteiger partial charge in [0, 0.05) is 18.3 Å². The lowest BCUT2D eigenvalue weighted by Crippen LogP contribution is -2.12. The lowest BCUT2D eigenvalue weighted by atomic mass is 10.2. The van der Waals surface area contributed by atoms with Crippen LogP contribution in [0.2, 0.25) is 5.02 Å². The number of nitrogens with zero attached hydrogens (tertiary/aromatic N) is 3. The highest BCUT2D eigenvalue weighted by Gasteiger charge is 2.15. The zero-order valence-electron chi connectivity index (χ0n) is 10.9. The monoisotopic (exact) mass is 324 g/mol. The summed E-state index contributed by atoms with van der Waals surface area (Å²) in [5, 5.41) is 25.6. The van der Waals surface area contributed by atoms with Crippen LogP contribution in [-0.2, 0) is 11.3 Å². The molecular formula is C12H9ClN4O5. The van der Waals surface area contributed by atoms with Gasteiger partial charge in [0.05, 0.1) is 27.4 Å². The first-order valence-corrected chi connectivity index (χ1v) is 6.24. The summed E-state index contributed by atoms with van der Waals surface area (Å²) < 4.78 is 1.08. The lowest BCUT2D eigenvalue weighted by Gasteiger charge is -2.05. The van der Waals surface area contributed by atoms with E-state index in [1.807, 2.05) is 0 Å². The van der Waals surface area contributed by atoms with Gasteiger partial charge in [-0.25, -0.2) is 0 Å². The first-order chi connectivity index (χ1) is 10.4. The third-order valence-electron chi connectivity index (χ3n) is 2.60. The standard InChI is InChI=1S/C12H9ClN4O5/c13-9-2-1-8(17(21)22)3-10(9)15-12(20)7-4-14-16(5-7)6-11(18)19/h1-5H,6H2,(H,15,20)(H,18,19). The Labute approximate surface area is 128 Å². The number of amides is 1. The Hall–Kier alpha value is -2.94. The number of aromatic nitrogens is 2. The summed E-state index contributed by atoms with van der Waals surface area (Å²) in [6.07, 6.45) is 2.43. The lowest BCUT2D eigenvalue weighted by molar-refractivity contribution is -0.384. The summed E-state index contributed by atoms with van der Waals surface area (Å²) in [5.74, 6) is -1.71. The van der Waals surface area contributed by atoms with Crippen LogP contribution in [0.4, 0.5) is 11.4 Å². The smallest absolute Gasteiger partial charge is 0.325 e. The molecule has 0 saturated carbocycles. The molecule has 1 aromatic heterocycles. The number of rotatable bonds is 5. The number of carbonyl (C=O) groups excluding carboxylic acids is 1. The van der Waals surface area contributed by atoms with Crippen LogP contribution in [0, 0.1) is 10.1 Å². The molecule has 0 bridgehead atoms. The van der Waals surface area contributed by atoms with Crippen LogP contribution in [0.3, 0.4) is 0 Å². The molecule has 22 heavy (non-hydrogen) atoms. The van der Waals surface area contributed by atoms with Crippen molar-refractivity contribution in [3.05, 3.63) is 51.3 Å². The van der Waals surface area contributed by atoms with Gasteiger partial charge in [0.1, 0.15) is 6.54 Å². The van der Waals surface area contributed by atoms with Gasteiger partial charge < -0.3 is 10.4 Å². The molecule has 9 nitrogen and oxygen atoms in total. The molecule has 1 heterocycles. The quantitative estimate of drug-likeness (QED) is 0.637. The third-order valence-corrected chi connectivity index (χ3v) is 2.93. The summed E-state index contributed by atoms with van der Waals surface area (Å²) in [6.45, 7) is -0.384. The second-order valence-electron chi connectivity index (χ2n) is 4.20. The Balaban J connectivity index is 2.18. The molecule has 114 valence electrons. The maximum absolute atomic E-state index is 12.0. The molecule has 1 amide bonds. The van der Waals surface area contributed by atoms with Crippen molar-refractivity contribution in [3.8, 4) is 0 Å².